The maximum atomic E-state index is 11.7. The van der Waals surface area contributed by atoms with Crippen molar-refractivity contribution < 1.29 is 14.6 Å². The lowest BCUT2D eigenvalue weighted by Gasteiger charge is -2.32. The van der Waals surface area contributed by atoms with Crippen molar-refractivity contribution in [2.45, 2.75) is 46.3 Å². The van der Waals surface area contributed by atoms with Crippen molar-refractivity contribution in [3.63, 3.8) is 0 Å². The van der Waals surface area contributed by atoms with Crippen molar-refractivity contribution in [3.8, 4) is 16.9 Å². The molecule has 1 N–H and O–H groups in total. The molecule has 0 bridgehead atoms. The molecule has 0 spiro atoms. The highest BCUT2D eigenvalue weighted by molar-refractivity contribution is 5.83. The molecular weight excluding hydrogens is 354 g/mol. The van der Waals surface area contributed by atoms with Crippen molar-refractivity contribution in [1.29, 1.82) is 0 Å². The van der Waals surface area contributed by atoms with Crippen molar-refractivity contribution in [2.24, 2.45) is 0 Å². The summed E-state index contributed by atoms with van der Waals surface area (Å²) in [5, 5.41) is 9.62. The number of methoxy groups -OCH3 is 1. The van der Waals surface area contributed by atoms with Crippen molar-refractivity contribution in [1.82, 2.24) is 14.5 Å². The molecule has 3 aromatic rings. The number of ether oxygens (including phenoxy) is 1. The van der Waals surface area contributed by atoms with Gasteiger partial charge < -0.3 is 14.4 Å². The Kier molecular flexibility index (Phi) is 5.31. The summed E-state index contributed by atoms with van der Waals surface area (Å²) in [5.41, 5.74) is 3.51. The quantitative estimate of drug-likeness (QED) is 0.674. The first kappa shape index (κ1) is 19.7. The average Bonchev–Trinajstić information content (AvgIpc) is 3.01. The number of hydrogen-bond donors (Lipinski definition) is 1. The minimum Gasteiger partial charge on any atom is -0.497 e. The number of imidazole rings is 1. The first-order chi connectivity index (χ1) is 13.2. The Morgan fingerprint density at radius 2 is 1.79 bits per heavy atom. The van der Waals surface area contributed by atoms with E-state index in [1.54, 1.807) is 7.11 Å². The standard InChI is InChI=1S/C22H27N3O3/c1-6-24-19-12-9-16(15-7-10-17(28-5)11-8-15)13-18(19)23-20(24)14-25(21(26)27)22(2,3)4/h7-13H,6,14H2,1-5H3,(H,26,27). The summed E-state index contributed by atoms with van der Waals surface area (Å²) >= 11 is 0. The summed E-state index contributed by atoms with van der Waals surface area (Å²) in [6.07, 6.45) is -0.943. The lowest BCUT2D eigenvalue weighted by atomic mass is 10.1. The first-order valence-corrected chi connectivity index (χ1v) is 9.38. The van der Waals surface area contributed by atoms with Gasteiger partial charge in [-0.05, 0) is 63.1 Å². The molecule has 0 aliphatic heterocycles. The van der Waals surface area contributed by atoms with Crippen LogP contribution in [0.3, 0.4) is 0 Å². The zero-order valence-electron chi connectivity index (χ0n) is 17.1. The van der Waals surface area contributed by atoms with Crippen LogP contribution in [0.25, 0.3) is 22.2 Å². The fraction of sp³-hybridized carbons (Fsp3) is 0.364. The third-order valence-electron chi connectivity index (χ3n) is 4.91. The van der Waals surface area contributed by atoms with E-state index < -0.39 is 11.6 Å². The maximum Gasteiger partial charge on any atom is 0.408 e. The molecule has 0 radical (unpaired) electrons. The van der Waals surface area contributed by atoms with E-state index in [1.165, 1.54) is 4.90 Å². The largest absolute Gasteiger partial charge is 0.497 e. The van der Waals surface area contributed by atoms with Gasteiger partial charge in [-0.3, -0.25) is 4.90 Å². The Morgan fingerprint density at radius 1 is 1.14 bits per heavy atom. The molecule has 0 atom stereocenters. The molecule has 2 aromatic carbocycles. The Labute approximate surface area is 165 Å². The van der Waals surface area contributed by atoms with E-state index in [1.807, 2.05) is 52.0 Å². The van der Waals surface area contributed by atoms with E-state index in [4.69, 9.17) is 9.72 Å². The second kappa shape index (κ2) is 7.54. The van der Waals surface area contributed by atoms with Gasteiger partial charge in [-0.15, -0.1) is 0 Å². The van der Waals surface area contributed by atoms with Crippen molar-refractivity contribution in [2.75, 3.05) is 7.11 Å². The first-order valence-electron chi connectivity index (χ1n) is 9.38. The second-order valence-corrected chi connectivity index (χ2v) is 7.74. The van der Waals surface area contributed by atoms with Gasteiger partial charge in [0.2, 0.25) is 0 Å². The highest BCUT2D eigenvalue weighted by Gasteiger charge is 2.28. The summed E-state index contributed by atoms with van der Waals surface area (Å²) in [5.74, 6) is 1.57. The molecule has 6 heteroatoms. The van der Waals surface area contributed by atoms with Gasteiger partial charge in [0.15, 0.2) is 0 Å². The van der Waals surface area contributed by atoms with E-state index in [-0.39, 0.29) is 6.54 Å². The van der Waals surface area contributed by atoms with Crippen molar-refractivity contribution >= 4 is 17.1 Å². The van der Waals surface area contributed by atoms with Gasteiger partial charge in [-0.25, -0.2) is 9.78 Å². The number of rotatable bonds is 5. The molecule has 1 heterocycles. The molecule has 6 nitrogen and oxygen atoms in total. The number of benzene rings is 2. The minimum atomic E-state index is -0.943. The number of nitrogens with zero attached hydrogens (tertiary/aromatic N) is 3. The van der Waals surface area contributed by atoms with Crippen LogP contribution in [0.15, 0.2) is 42.5 Å². The predicted octanol–water partition coefficient (Wildman–Crippen LogP) is 5.01. The Hall–Kier alpha value is -3.02. The normalized spacial score (nSPS) is 11.6. The number of aryl methyl sites for hydroxylation is 1. The molecular formula is C22H27N3O3. The predicted molar refractivity (Wildman–Crippen MR) is 111 cm³/mol. The number of carbonyl (C=O) groups is 1. The molecule has 0 unspecified atom stereocenters. The number of aromatic nitrogens is 2. The third-order valence-corrected chi connectivity index (χ3v) is 4.91. The molecule has 1 aromatic heterocycles. The highest BCUT2D eigenvalue weighted by atomic mass is 16.5. The van der Waals surface area contributed by atoms with E-state index in [0.717, 1.165) is 40.3 Å². The molecule has 0 saturated heterocycles. The Balaban J connectivity index is 2.02. The van der Waals surface area contributed by atoms with E-state index in [0.29, 0.717) is 0 Å². The van der Waals surface area contributed by atoms with Gasteiger partial charge in [0.05, 0.1) is 24.7 Å². The fourth-order valence-corrected chi connectivity index (χ4v) is 3.35. The van der Waals surface area contributed by atoms with E-state index in [2.05, 4.69) is 22.8 Å². The van der Waals surface area contributed by atoms with Crippen LogP contribution in [0, 0.1) is 0 Å². The summed E-state index contributed by atoms with van der Waals surface area (Å²) < 4.78 is 7.30. The average molecular weight is 381 g/mol. The van der Waals surface area contributed by atoms with Gasteiger partial charge >= 0.3 is 6.09 Å². The molecule has 1 amide bonds. The summed E-state index contributed by atoms with van der Waals surface area (Å²) in [7, 11) is 1.65. The molecule has 3 rings (SSSR count). The molecule has 0 fully saturated rings. The van der Waals surface area contributed by atoms with Gasteiger partial charge in [0.1, 0.15) is 11.6 Å². The maximum absolute atomic E-state index is 11.7. The SMILES string of the molecule is CCn1c(CN(C(=O)O)C(C)(C)C)nc2cc(-c3ccc(OC)cc3)ccc21. The van der Waals surface area contributed by atoms with Crippen LogP contribution in [0.1, 0.15) is 33.5 Å². The number of amides is 1. The van der Waals surface area contributed by atoms with Crippen LogP contribution in [-0.4, -0.2) is 38.3 Å². The van der Waals surface area contributed by atoms with E-state index >= 15 is 0 Å². The Bertz CT molecular complexity index is 985. The lowest BCUT2D eigenvalue weighted by molar-refractivity contribution is 0.0931. The van der Waals surface area contributed by atoms with E-state index in [9.17, 15) is 9.90 Å². The van der Waals surface area contributed by atoms with Crippen LogP contribution in [0.4, 0.5) is 4.79 Å². The second-order valence-electron chi connectivity index (χ2n) is 7.74. The van der Waals surface area contributed by atoms with Gasteiger partial charge in [-0.2, -0.15) is 0 Å². The van der Waals surface area contributed by atoms with Crippen LogP contribution in [-0.2, 0) is 13.1 Å². The number of carboxylic acid groups (broad SMARTS) is 1. The smallest absolute Gasteiger partial charge is 0.408 e. The van der Waals surface area contributed by atoms with Gasteiger partial charge in [-0.1, -0.05) is 18.2 Å². The molecule has 0 aliphatic carbocycles. The zero-order valence-corrected chi connectivity index (χ0v) is 17.1. The highest BCUT2D eigenvalue weighted by Crippen LogP contribution is 2.27. The number of hydrogen-bond acceptors (Lipinski definition) is 3. The lowest BCUT2D eigenvalue weighted by Crippen LogP contribution is -2.44. The molecule has 0 saturated carbocycles. The summed E-state index contributed by atoms with van der Waals surface area (Å²) in [4.78, 5) is 17.9. The van der Waals surface area contributed by atoms with Crippen molar-refractivity contribution in [3.05, 3.63) is 48.3 Å². The van der Waals surface area contributed by atoms with Crippen LogP contribution in [0.5, 0.6) is 5.75 Å². The molecule has 0 aliphatic rings. The summed E-state index contributed by atoms with van der Waals surface area (Å²) in [6, 6.07) is 14.1. The monoisotopic (exact) mass is 381 g/mol. The van der Waals surface area contributed by atoms with Crippen LogP contribution in [0.2, 0.25) is 0 Å². The molecule has 28 heavy (non-hydrogen) atoms. The van der Waals surface area contributed by atoms with Gasteiger partial charge in [0, 0.05) is 12.1 Å². The number of fused-ring (bicyclic) bond motifs is 1. The minimum absolute atomic E-state index is 0.249. The van der Waals surface area contributed by atoms with Crippen LogP contribution < -0.4 is 4.74 Å². The zero-order chi connectivity index (χ0) is 20.5. The topological polar surface area (TPSA) is 67.6 Å². The summed E-state index contributed by atoms with van der Waals surface area (Å²) in [6.45, 7) is 8.69. The third kappa shape index (κ3) is 3.81. The Morgan fingerprint density at radius 3 is 2.32 bits per heavy atom. The molecule has 148 valence electrons. The fourth-order valence-electron chi connectivity index (χ4n) is 3.35. The van der Waals surface area contributed by atoms with Gasteiger partial charge in [0.25, 0.3) is 0 Å². The van der Waals surface area contributed by atoms with Crippen LogP contribution >= 0.6 is 0 Å².